The highest BCUT2D eigenvalue weighted by Crippen LogP contribution is 2.39. The zero-order valence-corrected chi connectivity index (χ0v) is 21.1. The molecular formula is C26H22Br2O5. The molecule has 33 heavy (non-hydrogen) atoms. The number of rotatable bonds is 8. The Morgan fingerprint density at radius 2 is 1.73 bits per heavy atom. The molecule has 0 aliphatic rings. The van der Waals surface area contributed by atoms with Crippen molar-refractivity contribution in [3.63, 3.8) is 0 Å². The van der Waals surface area contributed by atoms with Gasteiger partial charge >= 0.3 is 0 Å². The predicted molar refractivity (Wildman–Crippen MR) is 134 cm³/mol. The van der Waals surface area contributed by atoms with Gasteiger partial charge in [-0.2, -0.15) is 0 Å². The van der Waals surface area contributed by atoms with Gasteiger partial charge in [0.2, 0.25) is 0 Å². The Bertz CT molecular complexity index is 1290. The fourth-order valence-electron chi connectivity index (χ4n) is 3.62. The Morgan fingerprint density at radius 3 is 2.39 bits per heavy atom. The molecular weight excluding hydrogens is 552 g/mol. The number of ether oxygens (including phenoxy) is 1. The third-order valence-corrected chi connectivity index (χ3v) is 6.55. The zero-order chi connectivity index (χ0) is 23.5. The summed E-state index contributed by atoms with van der Waals surface area (Å²) >= 11 is 6.57. The number of hydrogen-bond donors (Lipinski definition) is 2. The quantitative estimate of drug-likeness (QED) is 0.213. The standard InChI is InChI=1S/C26H22Br2O5/c1-2-3-9-21-24(25(30)16-10-18(27)26(31)19(28)11-16)17-12-20(29)23(13-22(17)33-21)32-14-15-7-5-4-6-8-15/h4-8,10-13,29,31H,2-3,9,14H2,1H3. The highest BCUT2D eigenvalue weighted by molar-refractivity contribution is 9.11. The summed E-state index contributed by atoms with van der Waals surface area (Å²) in [6.07, 6.45) is 2.39. The summed E-state index contributed by atoms with van der Waals surface area (Å²) in [7, 11) is 0. The topological polar surface area (TPSA) is 79.9 Å². The van der Waals surface area contributed by atoms with E-state index in [1.54, 1.807) is 18.2 Å². The molecule has 2 N–H and O–H groups in total. The summed E-state index contributed by atoms with van der Waals surface area (Å²) in [5.41, 5.74) is 2.24. The van der Waals surface area contributed by atoms with Crippen LogP contribution >= 0.6 is 31.9 Å². The predicted octanol–water partition coefficient (Wildman–Crippen LogP) is 7.52. The van der Waals surface area contributed by atoms with Crippen molar-refractivity contribution in [3.8, 4) is 17.2 Å². The number of carbonyl (C=O) groups excluding carboxylic acids is 1. The minimum absolute atomic E-state index is 0.0210. The molecule has 0 aliphatic heterocycles. The molecule has 7 heteroatoms. The van der Waals surface area contributed by atoms with Crippen LogP contribution in [0, 0.1) is 0 Å². The molecule has 1 heterocycles. The molecule has 0 spiro atoms. The van der Waals surface area contributed by atoms with Gasteiger partial charge in [0.25, 0.3) is 0 Å². The van der Waals surface area contributed by atoms with Crippen LogP contribution in [-0.4, -0.2) is 16.0 Å². The van der Waals surface area contributed by atoms with Crippen LogP contribution in [0.5, 0.6) is 17.2 Å². The largest absolute Gasteiger partial charge is 0.506 e. The van der Waals surface area contributed by atoms with Crippen LogP contribution in [-0.2, 0) is 13.0 Å². The van der Waals surface area contributed by atoms with Crippen LogP contribution in [0.3, 0.4) is 0 Å². The van der Waals surface area contributed by atoms with E-state index < -0.39 is 0 Å². The molecule has 0 aliphatic carbocycles. The molecule has 0 saturated heterocycles. The van der Waals surface area contributed by atoms with Crippen LogP contribution < -0.4 is 4.74 Å². The van der Waals surface area contributed by atoms with E-state index in [1.807, 2.05) is 30.3 Å². The van der Waals surface area contributed by atoms with Gasteiger partial charge in [0.15, 0.2) is 17.3 Å². The molecule has 0 bridgehead atoms. The second kappa shape index (κ2) is 10.0. The van der Waals surface area contributed by atoms with Crippen molar-refractivity contribution < 1.29 is 24.2 Å². The lowest BCUT2D eigenvalue weighted by atomic mass is 9.98. The summed E-state index contributed by atoms with van der Waals surface area (Å²) < 4.78 is 12.7. The number of unbranched alkanes of at least 4 members (excludes halogenated alkanes) is 1. The monoisotopic (exact) mass is 572 g/mol. The lowest BCUT2D eigenvalue weighted by Crippen LogP contribution is -2.04. The second-order valence-electron chi connectivity index (χ2n) is 7.71. The lowest BCUT2D eigenvalue weighted by molar-refractivity contribution is 0.103. The molecule has 0 saturated carbocycles. The van der Waals surface area contributed by atoms with Crippen molar-refractivity contribution in [1.82, 2.24) is 0 Å². The molecule has 0 radical (unpaired) electrons. The number of hydrogen-bond acceptors (Lipinski definition) is 5. The number of aryl methyl sites for hydroxylation is 1. The van der Waals surface area contributed by atoms with Gasteiger partial charge in [-0.1, -0.05) is 43.7 Å². The third kappa shape index (κ3) is 4.94. The first-order valence-electron chi connectivity index (χ1n) is 10.6. The van der Waals surface area contributed by atoms with E-state index in [0.29, 0.717) is 49.8 Å². The number of benzene rings is 3. The Hall–Kier alpha value is -2.77. The van der Waals surface area contributed by atoms with Gasteiger partial charge in [-0.3, -0.25) is 4.79 Å². The summed E-state index contributed by atoms with van der Waals surface area (Å²) in [5.74, 6) is 0.558. The minimum Gasteiger partial charge on any atom is -0.506 e. The maximum Gasteiger partial charge on any atom is 0.197 e. The Balaban J connectivity index is 1.76. The number of fused-ring (bicyclic) bond motifs is 1. The molecule has 4 aromatic rings. The van der Waals surface area contributed by atoms with Gasteiger partial charge in [-0.05, 0) is 62.0 Å². The minimum atomic E-state index is -0.251. The first kappa shape index (κ1) is 23.4. The number of halogens is 2. The number of aromatic hydroxyl groups is 2. The first-order valence-corrected chi connectivity index (χ1v) is 12.2. The highest BCUT2D eigenvalue weighted by Gasteiger charge is 2.25. The van der Waals surface area contributed by atoms with Crippen LogP contribution in [0.25, 0.3) is 11.0 Å². The van der Waals surface area contributed by atoms with Gasteiger partial charge < -0.3 is 19.4 Å². The Labute approximate surface area is 208 Å². The van der Waals surface area contributed by atoms with Crippen molar-refractivity contribution in [2.75, 3.05) is 0 Å². The first-order chi connectivity index (χ1) is 15.9. The van der Waals surface area contributed by atoms with Crippen molar-refractivity contribution in [3.05, 3.63) is 86.0 Å². The van der Waals surface area contributed by atoms with Crippen molar-refractivity contribution in [1.29, 1.82) is 0 Å². The Morgan fingerprint density at radius 1 is 1.03 bits per heavy atom. The maximum absolute atomic E-state index is 13.5. The van der Waals surface area contributed by atoms with Crippen LogP contribution in [0.15, 0.2) is 68.0 Å². The van der Waals surface area contributed by atoms with Crippen LogP contribution in [0.4, 0.5) is 0 Å². The fourth-order valence-corrected chi connectivity index (χ4v) is 4.80. The zero-order valence-electron chi connectivity index (χ0n) is 17.9. The van der Waals surface area contributed by atoms with Gasteiger partial charge in [0, 0.05) is 23.4 Å². The van der Waals surface area contributed by atoms with Gasteiger partial charge in [0.1, 0.15) is 23.7 Å². The van der Waals surface area contributed by atoms with E-state index in [4.69, 9.17) is 9.15 Å². The van der Waals surface area contributed by atoms with Crippen LogP contribution in [0.1, 0.15) is 47.0 Å². The molecule has 5 nitrogen and oxygen atoms in total. The van der Waals surface area contributed by atoms with Gasteiger partial charge in [0.05, 0.1) is 14.5 Å². The average Bonchev–Trinajstić information content (AvgIpc) is 3.16. The smallest absolute Gasteiger partial charge is 0.197 e. The van der Waals surface area contributed by atoms with Crippen LogP contribution in [0.2, 0.25) is 0 Å². The van der Waals surface area contributed by atoms with Crippen molar-refractivity contribution in [2.45, 2.75) is 32.8 Å². The molecule has 0 fully saturated rings. The van der Waals surface area contributed by atoms with E-state index >= 15 is 0 Å². The summed E-state index contributed by atoms with van der Waals surface area (Å²) in [6.45, 7) is 2.37. The maximum atomic E-state index is 13.5. The Kier molecular flexibility index (Phi) is 7.10. The number of phenolic OH excluding ortho intramolecular Hbond substituents is 2. The molecule has 0 amide bonds. The second-order valence-corrected chi connectivity index (χ2v) is 9.42. The number of ketones is 1. The van der Waals surface area contributed by atoms with Gasteiger partial charge in [-0.15, -0.1) is 0 Å². The number of carbonyl (C=O) groups is 1. The molecule has 0 atom stereocenters. The fraction of sp³-hybridized carbons (Fsp3) is 0.192. The van der Waals surface area contributed by atoms with Gasteiger partial charge in [-0.25, -0.2) is 0 Å². The summed E-state index contributed by atoms with van der Waals surface area (Å²) in [5, 5.41) is 21.2. The molecule has 4 rings (SSSR count). The van der Waals surface area contributed by atoms with E-state index in [1.165, 1.54) is 6.07 Å². The highest BCUT2D eigenvalue weighted by atomic mass is 79.9. The van der Waals surface area contributed by atoms with Crippen molar-refractivity contribution in [2.24, 2.45) is 0 Å². The molecule has 0 unspecified atom stereocenters. The number of phenols is 2. The SMILES string of the molecule is CCCCc1oc2cc(OCc3ccccc3)c(O)cc2c1C(=O)c1cc(Br)c(O)c(Br)c1. The van der Waals surface area contributed by atoms with E-state index in [-0.39, 0.29) is 23.0 Å². The molecule has 1 aromatic heterocycles. The van der Waals surface area contributed by atoms with Crippen molar-refractivity contribution >= 4 is 48.6 Å². The van der Waals surface area contributed by atoms with E-state index in [0.717, 1.165) is 18.4 Å². The molecule has 3 aromatic carbocycles. The summed E-state index contributed by atoms with van der Waals surface area (Å²) in [6, 6.07) is 15.9. The average molecular weight is 574 g/mol. The lowest BCUT2D eigenvalue weighted by Gasteiger charge is -2.09. The normalized spacial score (nSPS) is 11.1. The molecule has 170 valence electrons. The number of furan rings is 1. The van der Waals surface area contributed by atoms with E-state index in [9.17, 15) is 15.0 Å². The third-order valence-electron chi connectivity index (χ3n) is 5.34. The summed E-state index contributed by atoms with van der Waals surface area (Å²) in [4.78, 5) is 13.5. The van der Waals surface area contributed by atoms with E-state index in [2.05, 4.69) is 38.8 Å².